The summed E-state index contributed by atoms with van der Waals surface area (Å²) in [6.07, 6.45) is 0. The average molecular weight is 230 g/mol. The van der Waals surface area contributed by atoms with Crippen molar-refractivity contribution in [3.63, 3.8) is 0 Å². The predicted molar refractivity (Wildman–Crippen MR) is 60.5 cm³/mol. The van der Waals surface area contributed by atoms with Gasteiger partial charge >= 0.3 is 9.05 Å². The predicted octanol–water partition coefficient (Wildman–Crippen LogP) is 2.72. The largest absolute Gasteiger partial charge is 0.892 e. The van der Waals surface area contributed by atoms with Gasteiger partial charge in [-0.2, -0.15) is 0 Å². The molecule has 0 aliphatic rings. The number of hydrogen-bond acceptors (Lipinski definition) is 4. The van der Waals surface area contributed by atoms with Crippen molar-refractivity contribution in [3.8, 4) is 0 Å². The highest BCUT2D eigenvalue weighted by atomic mass is 28.4. The van der Waals surface area contributed by atoms with Crippen LogP contribution in [-0.4, -0.2) is 16.2 Å². The van der Waals surface area contributed by atoms with E-state index < -0.39 is 9.05 Å². The molecule has 0 amide bonds. The van der Waals surface area contributed by atoms with E-state index >= 15 is 0 Å². The Morgan fingerprint density at radius 1 is 0.800 bits per heavy atom. The molecule has 0 radical (unpaired) electrons. The molecule has 5 heteroatoms. The second-order valence-corrected chi connectivity index (χ2v) is 5.14. The fourth-order valence-electron chi connectivity index (χ4n) is 0.828. The molecule has 0 bridgehead atoms. The normalized spacial score (nSPS) is 10.4. The van der Waals surface area contributed by atoms with Crippen LogP contribution >= 0.6 is 0 Å². The molecule has 0 N–H and O–H groups in total. The van der Waals surface area contributed by atoms with E-state index in [9.17, 15) is 0 Å². The quantitative estimate of drug-likeness (QED) is 0.498. The van der Waals surface area contributed by atoms with E-state index in [1.807, 2.05) is 0 Å². The minimum Gasteiger partial charge on any atom is -0.467 e. The highest BCUT2D eigenvalue weighted by Crippen LogP contribution is 2.19. The maximum atomic E-state index is 5.36. The number of hydrogen-bond donors (Lipinski definition) is 0. The van der Waals surface area contributed by atoms with E-state index in [0.29, 0.717) is 17.3 Å². The summed E-state index contributed by atoms with van der Waals surface area (Å²) in [5.74, 6) is 1.35. The molecule has 0 aromatic carbocycles. The third-order valence-corrected chi connectivity index (χ3v) is 3.44. The lowest BCUT2D eigenvalue weighted by Crippen LogP contribution is -2.46. The van der Waals surface area contributed by atoms with Crippen LogP contribution in [0.4, 0.5) is 0 Å². The molecular weight excluding hydrogens is 212 g/mol. The Morgan fingerprint density at radius 2 is 1.07 bits per heavy atom. The minimum absolute atomic E-state index is 0.450. The maximum absolute atomic E-state index is 5.36. The summed E-state index contributed by atoms with van der Waals surface area (Å²) in [6, 6.07) is 0. The molecule has 0 atom stereocenters. The monoisotopic (exact) mass is 230 g/mol. The Labute approximate surface area is 92.3 Å². The zero-order chi connectivity index (χ0) is 12.1. The molecule has 0 rings (SSSR count). The molecule has 0 aliphatic heterocycles. The van der Waals surface area contributed by atoms with Crippen molar-refractivity contribution in [2.24, 2.45) is 0 Å². The molecule has 4 nitrogen and oxygen atoms in total. The summed E-state index contributed by atoms with van der Waals surface area (Å²) in [7, 11) is -1.81. The van der Waals surface area contributed by atoms with Crippen LogP contribution in [0.5, 0.6) is 0 Å². The molecule has 0 saturated carbocycles. The maximum Gasteiger partial charge on any atom is 0.892 e. The van der Waals surface area contributed by atoms with E-state index in [1.54, 1.807) is 20.8 Å². The van der Waals surface area contributed by atoms with Crippen LogP contribution in [0, 0.1) is 0 Å². The van der Waals surface area contributed by atoms with Crippen molar-refractivity contribution in [2.45, 2.75) is 20.8 Å². The molecule has 0 aromatic heterocycles. The van der Waals surface area contributed by atoms with Gasteiger partial charge in [0.1, 0.15) is 0 Å². The zero-order valence-corrected chi connectivity index (χ0v) is 10.8. The molecule has 0 saturated heterocycles. The van der Waals surface area contributed by atoms with Gasteiger partial charge in [0.2, 0.25) is 0 Å². The van der Waals surface area contributed by atoms with Gasteiger partial charge in [0.15, 0.2) is 0 Å². The summed E-state index contributed by atoms with van der Waals surface area (Å²) < 4.78 is 21.3. The summed E-state index contributed by atoms with van der Waals surface area (Å²) in [6.45, 7) is 15.9. The molecule has 0 fully saturated rings. The summed E-state index contributed by atoms with van der Waals surface area (Å²) >= 11 is 0. The Bertz CT molecular complexity index is 232. The van der Waals surface area contributed by atoms with E-state index in [4.69, 9.17) is 17.7 Å². The topological polar surface area (TPSA) is 36.9 Å². The summed E-state index contributed by atoms with van der Waals surface area (Å²) in [4.78, 5) is 0. The Hall–Kier alpha value is -1.20. The van der Waals surface area contributed by atoms with Gasteiger partial charge in [-0.3, -0.25) is 0 Å². The summed E-state index contributed by atoms with van der Waals surface area (Å²) in [5.41, 5.74) is 0. The fraction of sp³-hybridized carbons (Fsp3) is 0.400. The lowest BCUT2D eigenvalue weighted by atomic mass is 10.7. The van der Waals surface area contributed by atoms with E-state index in [2.05, 4.69) is 19.7 Å². The van der Waals surface area contributed by atoms with Gasteiger partial charge in [0.25, 0.3) is 0 Å². The first kappa shape index (κ1) is 13.8. The van der Waals surface area contributed by atoms with Gasteiger partial charge in [-0.1, -0.05) is 19.7 Å². The molecule has 0 spiro atoms. The van der Waals surface area contributed by atoms with Crippen LogP contribution in [0.25, 0.3) is 0 Å². The van der Waals surface area contributed by atoms with E-state index in [1.165, 1.54) is 7.11 Å². The Kier molecular flexibility index (Phi) is 5.17. The Balaban J connectivity index is 4.81. The van der Waals surface area contributed by atoms with Crippen LogP contribution in [0.3, 0.4) is 0 Å². The smallest absolute Gasteiger partial charge is 0.467 e. The lowest BCUT2D eigenvalue weighted by molar-refractivity contribution is 0.0389. The van der Waals surface area contributed by atoms with Gasteiger partial charge < -0.3 is 17.7 Å². The fourth-order valence-corrected chi connectivity index (χ4v) is 2.48. The van der Waals surface area contributed by atoms with Gasteiger partial charge in [-0.25, -0.2) is 0 Å². The summed E-state index contributed by atoms with van der Waals surface area (Å²) in [5, 5.41) is 0. The third kappa shape index (κ3) is 5.29. The van der Waals surface area contributed by atoms with Crippen LogP contribution in [-0.2, 0) is 17.7 Å². The van der Waals surface area contributed by atoms with Crippen molar-refractivity contribution < 1.29 is 17.7 Å². The first-order valence-electron chi connectivity index (χ1n) is 4.40. The van der Waals surface area contributed by atoms with Crippen molar-refractivity contribution >= 4 is 9.05 Å². The Morgan fingerprint density at radius 3 is 1.20 bits per heavy atom. The van der Waals surface area contributed by atoms with Gasteiger partial charge in [-0.15, -0.1) is 0 Å². The standard InChI is InChI=1S/C10H18O4Si/c1-8(2)12-15(11-7,13-9(3)4)14-10(5)6/h1,3,5H2,2,4,6-7H3. The van der Waals surface area contributed by atoms with Crippen molar-refractivity contribution in [3.05, 3.63) is 37.0 Å². The van der Waals surface area contributed by atoms with Gasteiger partial charge in [-0.05, 0) is 20.8 Å². The molecule has 0 heterocycles. The second kappa shape index (κ2) is 5.62. The van der Waals surface area contributed by atoms with Crippen LogP contribution in [0.15, 0.2) is 37.0 Å². The van der Waals surface area contributed by atoms with Crippen molar-refractivity contribution in [1.82, 2.24) is 0 Å². The highest BCUT2D eigenvalue weighted by Gasteiger charge is 2.53. The van der Waals surface area contributed by atoms with E-state index in [-0.39, 0.29) is 0 Å². The highest BCUT2D eigenvalue weighted by molar-refractivity contribution is 6.54. The molecule has 0 aliphatic carbocycles. The molecular formula is C10H18O4Si. The average Bonchev–Trinajstić information content (AvgIpc) is 1.99. The van der Waals surface area contributed by atoms with E-state index in [0.717, 1.165) is 0 Å². The minimum atomic E-state index is -3.26. The van der Waals surface area contributed by atoms with Crippen LogP contribution in [0.1, 0.15) is 20.8 Å². The molecule has 86 valence electrons. The van der Waals surface area contributed by atoms with Crippen LogP contribution < -0.4 is 0 Å². The molecule has 0 unspecified atom stereocenters. The van der Waals surface area contributed by atoms with Crippen molar-refractivity contribution in [1.29, 1.82) is 0 Å². The van der Waals surface area contributed by atoms with Crippen molar-refractivity contribution in [2.75, 3.05) is 7.11 Å². The lowest BCUT2D eigenvalue weighted by Gasteiger charge is -2.26. The van der Waals surface area contributed by atoms with Gasteiger partial charge in [0.05, 0.1) is 17.3 Å². The second-order valence-electron chi connectivity index (χ2n) is 3.12. The molecule has 0 aromatic rings. The zero-order valence-electron chi connectivity index (χ0n) is 9.75. The number of allylic oxidation sites excluding steroid dienone is 3. The molecule has 15 heavy (non-hydrogen) atoms. The number of rotatable bonds is 7. The SMILES string of the molecule is C=C(C)O[Si](OC)(OC(=C)C)OC(=C)C. The third-order valence-electron chi connectivity index (χ3n) is 1.15. The van der Waals surface area contributed by atoms with Crippen LogP contribution in [0.2, 0.25) is 0 Å². The first-order valence-corrected chi connectivity index (χ1v) is 6.03. The van der Waals surface area contributed by atoms with Gasteiger partial charge in [0, 0.05) is 7.11 Å². The first-order chi connectivity index (χ1) is 6.81.